The van der Waals surface area contributed by atoms with E-state index in [4.69, 9.17) is 6.42 Å². The molecule has 1 heterocycles. The molecule has 0 aromatic heterocycles. The number of nitro benzene ring substituents is 1. The molecule has 1 atom stereocenters. The van der Waals surface area contributed by atoms with Crippen LogP contribution in [0.25, 0.3) is 0 Å². The van der Waals surface area contributed by atoms with Crippen LogP contribution in [0.2, 0.25) is 0 Å². The van der Waals surface area contributed by atoms with Crippen LogP contribution in [0.5, 0.6) is 0 Å². The van der Waals surface area contributed by atoms with Gasteiger partial charge in [0.15, 0.2) is 0 Å². The number of anilines is 1. The molecule has 1 aliphatic heterocycles. The lowest BCUT2D eigenvalue weighted by molar-refractivity contribution is -0.387. The quantitative estimate of drug-likeness (QED) is 0.454. The van der Waals surface area contributed by atoms with Crippen LogP contribution < -0.4 is 4.90 Å². The largest absolute Gasteiger partial charge is 0.311 e. The Kier molecular flexibility index (Phi) is 2.98. The standard InChI is InChI=1S/C12H9FN2O3/c1-2-8-5-12(16)14(7-8)9-3-4-11(15(17)18)10(13)6-9/h1,3-4,6,8H,5,7H2. The van der Waals surface area contributed by atoms with Crippen molar-refractivity contribution in [1.82, 2.24) is 0 Å². The summed E-state index contributed by atoms with van der Waals surface area (Å²) in [5, 5.41) is 10.5. The predicted molar refractivity (Wildman–Crippen MR) is 62.3 cm³/mol. The Morgan fingerprint density at radius 2 is 2.28 bits per heavy atom. The van der Waals surface area contributed by atoms with Gasteiger partial charge in [0.05, 0.1) is 4.92 Å². The van der Waals surface area contributed by atoms with Gasteiger partial charge in [-0.1, -0.05) is 0 Å². The number of carbonyl (C=O) groups is 1. The Morgan fingerprint density at radius 1 is 1.56 bits per heavy atom. The van der Waals surface area contributed by atoms with E-state index < -0.39 is 16.4 Å². The summed E-state index contributed by atoms with van der Waals surface area (Å²) in [4.78, 5) is 22.7. The second kappa shape index (κ2) is 4.45. The van der Waals surface area contributed by atoms with Crippen molar-refractivity contribution >= 4 is 17.3 Å². The van der Waals surface area contributed by atoms with Gasteiger partial charge < -0.3 is 4.90 Å². The number of nitro groups is 1. The molecule has 1 unspecified atom stereocenters. The summed E-state index contributed by atoms with van der Waals surface area (Å²) in [6.07, 6.45) is 5.46. The van der Waals surface area contributed by atoms with Crippen LogP contribution in [0.15, 0.2) is 18.2 Å². The van der Waals surface area contributed by atoms with E-state index in [2.05, 4.69) is 5.92 Å². The Hall–Kier alpha value is -2.42. The zero-order chi connectivity index (χ0) is 13.3. The van der Waals surface area contributed by atoms with E-state index in [1.165, 1.54) is 11.0 Å². The highest BCUT2D eigenvalue weighted by Gasteiger charge is 2.30. The van der Waals surface area contributed by atoms with E-state index in [-0.39, 0.29) is 18.2 Å². The number of hydrogen-bond acceptors (Lipinski definition) is 3. The highest BCUT2D eigenvalue weighted by Crippen LogP contribution is 2.28. The lowest BCUT2D eigenvalue weighted by Gasteiger charge is -2.15. The Bertz CT molecular complexity index is 565. The molecule has 18 heavy (non-hydrogen) atoms. The van der Waals surface area contributed by atoms with Gasteiger partial charge >= 0.3 is 5.69 Å². The molecule has 0 N–H and O–H groups in total. The summed E-state index contributed by atoms with van der Waals surface area (Å²) in [7, 11) is 0. The van der Waals surface area contributed by atoms with Crippen LogP contribution in [0.4, 0.5) is 15.8 Å². The van der Waals surface area contributed by atoms with Gasteiger partial charge in [0, 0.05) is 36.7 Å². The monoisotopic (exact) mass is 248 g/mol. The lowest BCUT2D eigenvalue weighted by Crippen LogP contribution is -2.24. The fourth-order valence-electron chi connectivity index (χ4n) is 1.88. The van der Waals surface area contributed by atoms with Crippen LogP contribution in [0.1, 0.15) is 6.42 Å². The molecule has 6 heteroatoms. The van der Waals surface area contributed by atoms with Crippen molar-refractivity contribution in [2.75, 3.05) is 11.4 Å². The highest BCUT2D eigenvalue weighted by molar-refractivity contribution is 5.96. The van der Waals surface area contributed by atoms with E-state index in [9.17, 15) is 19.3 Å². The van der Waals surface area contributed by atoms with Gasteiger partial charge in [-0.3, -0.25) is 14.9 Å². The molecule has 5 nitrogen and oxygen atoms in total. The van der Waals surface area contributed by atoms with Crippen molar-refractivity contribution in [3.8, 4) is 12.3 Å². The van der Waals surface area contributed by atoms with E-state index >= 15 is 0 Å². The van der Waals surface area contributed by atoms with Crippen molar-refractivity contribution in [2.45, 2.75) is 6.42 Å². The number of carbonyl (C=O) groups excluding carboxylic acids is 1. The normalized spacial score (nSPS) is 18.8. The molecule has 1 aromatic rings. The maximum atomic E-state index is 13.4. The molecule has 2 rings (SSSR count). The topological polar surface area (TPSA) is 63.5 Å². The molecule has 0 saturated carbocycles. The molecular weight excluding hydrogens is 239 g/mol. The highest BCUT2D eigenvalue weighted by atomic mass is 19.1. The number of nitrogens with zero attached hydrogens (tertiary/aromatic N) is 2. The first-order chi connectivity index (χ1) is 8.52. The molecule has 0 radical (unpaired) electrons. The van der Waals surface area contributed by atoms with E-state index in [1.807, 2.05) is 0 Å². The molecule has 1 amide bonds. The number of terminal acetylenes is 1. The average molecular weight is 248 g/mol. The summed E-state index contributed by atoms with van der Waals surface area (Å²) in [6, 6.07) is 3.37. The van der Waals surface area contributed by atoms with Gasteiger partial charge in [-0.15, -0.1) is 12.3 Å². The molecular formula is C12H9FN2O3. The van der Waals surface area contributed by atoms with Gasteiger partial charge in [-0.25, -0.2) is 0 Å². The predicted octanol–water partition coefficient (Wildman–Crippen LogP) is 1.72. The van der Waals surface area contributed by atoms with Crippen molar-refractivity contribution in [3.05, 3.63) is 34.1 Å². The summed E-state index contributed by atoms with van der Waals surface area (Å²) in [5.74, 6) is 1.11. The van der Waals surface area contributed by atoms with Gasteiger partial charge in [0.2, 0.25) is 11.7 Å². The third-order valence-corrected chi connectivity index (χ3v) is 2.80. The second-order valence-electron chi connectivity index (χ2n) is 3.96. The fourth-order valence-corrected chi connectivity index (χ4v) is 1.88. The fraction of sp³-hybridized carbons (Fsp3) is 0.250. The first kappa shape index (κ1) is 12.0. The SMILES string of the molecule is C#CC1CC(=O)N(c2ccc([N+](=O)[O-])c(F)c2)C1. The molecule has 0 spiro atoms. The molecule has 0 aliphatic carbocycles. The first-order valence-electron chi connectivity index (χ1n) is 5.23. The van der Waals surface area contributed by atoms with Crippen molar-refractivity contribution < 1.29 is 14.1 Å². The van der Waals surface area contributed by atoms with Gasteiger partial charge in [-0.2, -0.15) is 4.39 Å². The van der Waals surface area contributed by atoms with E-state index in [0.29, 0.717) is 12.2 Å². The van der Waals surface area contributed by atoms with Gasteiger partial charge in [0.25, 0.3) is 0 Å². The third kappa shape index (κ3) is 2.02. The molecule has 1 saturated heterocycles. The molecule has 92 valence electrons. The van der Waals surface area contributed by atoms with Crippen molar-refractivity contribution in [2.24, 2.45) is 5.92 Å². The zero-order valence-electron chi connectivity index (χ0n) is 9.30. The smallest absolute Gasteiger partial charge is 0.304 e. The lowest BCUT2D eigenvalue weighted by atomic mass is 10.1. The molecule has 0 bridgehead atoms. The van der Waals surface area contributed by atoms with Crippen LogP contribution in [-0.2, 0) is 4.79 Å². The Balaban J connectivity index is 2.31. The first-order valence-corrected chi connectivity index (χ1v) is 5.23. The number of amides is 1. The molecule has 1 aromatic carbocycles. The maximum Gasteiger partial charge on any atom is 0.304 e. The van der Waals surface area contributed by atoms with E-state index in [1.54, 1.807) is 0 Å². The number of halogens is 1. The van der Waals surface area contributed by atoms with Crippen LogP contribution in [-0.4, -0.2) is 17.4 Å². The number of rotatable bonds is 2. The van der Waals surface area contributed by atoms with E-state index in [0.717, 1.165) is 12.1 Å². The Morgan fingerprint density at radius 3 is 2.78 bits per heavy atom. The van der Waals surface area contributed by atoms with Crippen LogP contribution >= 0.6 is 0 Å². The third-order valence-electron chi connectivity index (χ3n) is 2.80. The minimum absolute atomic E-state index is 0.198. The minimum atomic E-state index is -0.963. The summed E-state index contributed by atoms with van der Waals surface area (Å²) >= 11 is 0. The van der Waals surface area contributed by atoms with Gasteiger partial charge in [0.1, 0.15) is 0 Å². The van der Waals surface area contributed by atoms with Crippen LogP contribution in [0.3, 0.4) is 0 Å². The Labute approximate surface area is 102 Å². The average Bonchev–Trinajstić information content (AvgIpc) is 2.70. The summed E-state index contributed by atoms with van der Waals surface area (Å²) in [6.45, 7) is 0.312. The zero-order valence-corrected chi connectivity index (χ0v) is 9.30. The second-order valence-corrected chi connectivity index (χ2v) is 3.96. The molecule has 1 fully saturated rings. The molecule has 1 aliphatic rings. The summed E-state index contributed by atoms with van der Waals surface area (Å²) in [5.41, 5.74) is -0.320. The minimum Gasteiger partial charge on any atom is -0.311 e. The van der Waals surface area contributed by atoms with Gasteiger partial charge in [-0.05, 0) is 6.07 Å². The van der Waals surface area contributed by atoms with Crippen molar-refractivity contribution in [3.63, 3.8) is 0 Å². The number of benzene rings is 1. The maximum absolute atomic E-state index is 13.4. The summed E-state index contributed by atoms with van der Waals surface area (Å²) < 4.78 is 13.4. The van der Waals surface area contributed by atoms with Crippen molar-refractivity contribution in [1.29, 1.82) is 0 Å². The van der Waals surface area contributed by atoms with Crippen LogP contribution in [0, 0.1) is 34.2 Å². The number of hydrogen-bond donors (Lipinski definition) is 0.